The Bertz CT molecular complexity index is 419. The van der Waals surface area contributed by atoms with E-state index < -0.39 is 0 Å². The lowest BCUT2D eigenvalue weighted by atomic mass is 10.3. The summed E-state index contributed by atoms with van der Waals surface area (Å²) in [5.41, 5.74) is 6.56. The number of hydrogen-bond acceptors (Lipinski definition) is 5. The number of nitrogens with two attached hydrogens (primary N) is 1. The molecule has 94 valence electrons. The van der Waals surface area contributed by atoms with Crippen molar-refractivity contribution in [3.8, 4) is 0 Å². The second-order valence-corrected chi connectivity index (χ2v) is 3.91. The van der Waals surface area contributed by atoms with Gasteiger partial charge >= 0.3 is 0 Å². The van der Waals surface area contributed by atoms with E-state index in [-0.39, 0.29) is 12.5 Å². The van der Waals surface area contributed by atoms with Crippen molar-refractivity contribution in [2.45, 2.75) is 20.8 Å². The molecule has 0 spiro atoms. The number of likely N-dealkylation sites (N-methyl/N-ethyl adjacent to an activating group) is 2. The van der Waals surface area contributed by atoms with Crippen LogP contribution in [0.4, 0.5) is 11.6 Å². The van der Waals surface area contributed by atoms with E-state index in [1.54, 1.807) is 11.8 Å². The highest BCUT2D eigenvalue weighted by Crippen LogP contribution is 2.19. The minimum absolute atomic E-state index is 0.0377. The average Bonchev–Trinajstić information content (AvgIpc) is 2.23. The molecule has 1 rings (SSSR count). The van der Waals surface area contributed by atoms with Crippen molar-refractivity contribution in [3.63, 3.8) is 0 Å². The van der Waals surface area contributed by atoms with Crippen LogP contribution in [0.2, 0.25) is 0 Å². The van der Waals surface area contributed by atoms with Crippen molar-refractivity contribution in [2.24, 2.45) is 0 Å². The summed E-state index contributed by atoms with van der Waals surface area (Å²) in [7, 11) is 1.81. The zero-order valence-electron chi connectivity index (χ0n) is 10.7. The van der Waals surface area contributed by atoms with Crippen molar-refractivity contribution >= 4 is 17.5 Å². The third-order valence-corrected chi connectivity index (χ3v) is 2.39. The number of aromatic nitrogens is 2. The Hall–Kier alpha value is -1.85. The van der Waals surface area contributed by atoms with Gasteiger partial charge in [0.1, 0.15) is 17.5 Å². The molecule has 1 amide bonds. The number of aryl methyl sites for hydroxylation is 1. The Morgan fingerprint density at radius 3 is 2.65 bits per heavy atom. The lowest BCUT2D eigenvalue weighted by molar-refractivity contribution is -0.119. The molecule has 17 heavy (non-hydrogen) atoms. The summed E-state index contributed by atoms with van der Waals surface area (Å²) < 4.78 is 0. The Balaban J connectivity index is 2.88. The number of anilines is 2. The largest absolute Gasteiger partial charge is 0.383 e. The van der Waals surface area contributed by atoms with Gasteiger partial charge in [-0.15, -0.1) is 0 Å². The number of nitrogens with zero attached hydrogens (tertiary/aromatic N) is 3. The van der Waals surface area contributed by atoms with E-state index in [0.29, 0.717) is 24.0 Å². The zero-order chi connectivity index (χ0) is 13.0. The molecular weight excluding hydrogens is 218 g/mol. The maximum Gasteiger partial charge on any atom is 0.239 e. The van der Waals surface area contributed by atoms with Crippen molar-refractivity contribution in [3.05, 3.63) is 11.4 Å². The lowest BCUT2D eigenvalue weighted by Gasteiger charge is -2.20. The smallest absolute Gasteiger partial charge is 0.239 e. The highest BCUT2D eigenvalue weighted by atomic mass is 16.2. The number of nitrogen functional groups attached to an aromatic ring is 1. The van der Waals surface area contributed by atoms with E-state index in [0.717, 1.165) is 5.56 Å². The van der Waals surface area contributed by atoms with Gasteiger partial charge in [-0.05, 0) is 20.8 Å². The molecule has 0 aliphatic carbocycles. The lowest BCUT2D eigenvalue weighted by Crippen LogP contribution is -2.35. The van der Waals surface area contributed by atoms with Crippen molar-refractivity contribution < 1.29 is 4.79 Å². The van der Waals surface area contributed by atoms with Gasteiger partial charge in [0.05, 0.1) is 6.54 Å². The van der Waals surface area contributed by atoms with E-state index in [1.807, 2.05) is 20.9 Å². The topological polar surface area (TPSA) is 84.1 Å². The summed E-state index contributed by atoms with van der Waals surface area (Å²) in [6, 6.07) is 0. The predicted molar refractivity (Wildman–Crippen MR) is 67.9 cm³/mol. The van der Waals surface area contributed by atoms with Crippen LogP contribution in [0.3, 0.4) is 0 Å². The van der Waals surface area contributed by atoms with Gasteiger partial charge in [0.25, 0.3) is 0 Å². The number of amides is 1. The van der Waals surface area contributed by atoms with Crippen LogP contribution in [0.15, 0.2) is 0 Å². The fourth-order valence-corrected chi connectivity index (χ4v) is 1.55. The molecule has 0 saturated carbocycles. The molecule has 3 N–H and O–H groups in total. The first kappa shape index (κ1) is 13.2. The van der Waals surface area contributed by atoms with Crippen LogP contribution in [0.1, 0.15) is 18.3 Å². The Morgan fingerprint density at radius 1 is 1.41 bits per heavy atom. The Labute approximate surface area is 101 Å². The summed E-state index contributed by atoms with van der Waals surface area (Å²) in [4.78, 5) is 21.6. The average molecular weight is 237 g/mol. The maximum atomic E-state index is 11.5. The first-order chi connectivity index (χ1) is 7.95. The Kier molecular flexibility index (Phi) is 4.25. The molecule has 0 aliphatic rings. The van der Waals surface area contributed by atoms with Gasteiger partial charge in [-0.25, -0.2) is 9.97 Å². The van der Waals surface area contributed by atoms with Crippen LogP contribution in [0.5, 0.6) is 0 Å². The van der Waals surface area contributed by atoms with Gasteiger partial charge in [0.15, 0.2) is 0 Å². The number of rotatable bonds is 4. The number of carbonyl (C=O) groups excluding carboxylic acids is 1. The molecule has 1 heterocycles. The molecule has 0 atom stereocenters. The van der Waals surface area contributed by atoms with E-state index in [1.165, 1.54) is 0 Å². The second-order valence-electron chi connectivity index (χ2n) is 3.91. The van der Waals surface area contributed by atoms with Gasteiger partial charge in [-0.2, -0.15) is 0 Å². The maximum absolute atomic E-state index is 11.5. The number of carbonyl (C=O) groups is 1. The molecule has 0 aliphatic heterocycles. The SMILES string of the molecule is CCNC(=O)CN(C)c1nc(C)nc(N)c1C. The molecule has 1 aromatic rings. The van der Waals surface area contributed by atoms with Gasteiger partial charge in [0, 0.05) is 19.2 Å². The monoisotopic (exact) mass is 237 g/mol. The van der Waals surface area contributed by atoms with E-state index in [2.05, 4.69) is 15.3 Å². The van der Waals surface area contributed by atoms with Crippen LogP contribution in [-0.2, 0) is 4.79 Å². The third-order valence-electron chi connectivity index (χ3n) is 2.39. The normalized spacial score (nSPS) is 10.1. The van der Waals surface area contributed by atoms with Crippen molar-refractivity contribution in [2.75, 3.05) is 30.8 Å². The van der Waals surface area contributed by atoms with Gasteiger partial charge in [-0.1, -0.05) is 0 Å². The molecule has 6 heteroatoms. The molecule has 0 aromatic carbocycles. The molecule has 6 nitrogen and oxygen atoms in total. The minimum Gasteiger partial charge on any atom is -0.383 e. The minimum atomic E-state index is -0.0377. The fraction of sp³-hybridized carbons (Fsp3) is 0.545. The van der Waals surface area contributed by atoms with Crippen LogP contribution >= 0.6 is 0 Å². The van der Waals surface area contributed by atoms with Gasteiger partial charge in [-0.3, -0.25) is 4.79 Å². The standard InChI is InChI=1S/C11H19N5O/c1-5-13-9(17)6-16(4)11-7(2)10(12)14-8(3)15-11/h5-6H2,1-4H3,(H,13,17)(H2,12,14,15). The fourth-order valence-electron chi connectivity index (χ4n) is 1.55. The van der Waals surface area contributed by atoms with Gasteiger partial charge < -0.3 is 16.0 Å². The molecule has 0 radical (unpaired) electrons. The molecule has 1 aromatic heterocycles. The zero-order valence-corrected chi connectivity index (χ0v) is 10.7. The third kappa shape index (κ3) is 3.30. The van der Waals surface area contributed by atoms with Crippen LogP contribution < -0.4 is 16.0 Å². The first-order valence-electron chi connectivity index (χ1n) is 5.54. The number of hydrogen-bond donors (Lipinski definition) is 2. The summed E-state index contributed by atoms with van der Waals surface area (Å²) in [6.45, 7) is 6.38. The van der Waals surface area contributed by atoms with Gasteiger partial charge in [0.2, 0.25) is 5.91 Å². The van der Waals surface area contributed by atoms with Crippen LogP contribution in [-0.4, -0.2) is 36.0 Å². The molecule has 0 saturated heterocycles. The summed E-state index contributed by atoms with van der Waals surface area (Å²) in [6.07, 6.45) is 0. The highest BCUT2D eigenvalue weighted by molar-refractivity contribution is 5.81. The predicted octanol–water partition coefficient (Wildman–Crippen LogP) is 0.248. The molecule has 0 unspecified atom stereocenters. The van der Waals surface area contributed by atoms with Crippen molar-refractivity contribution in [1.29, 1.82) is 0 Å². The van der Waals surface area contributed by atoms with E-state index in [9.17, 15) is 4.79 Å². The molecular formula is C11H19N5O. The van der Waals surface area contributed by atoms with Crippen LogP contribution in [0.25, 0.3) is 0 Å². The summed E-state index contributed by atoms with van der Waals surface area (Å²) in [5.74, 6) is 1.71. The first-order valence-corrected chi connectivity index (χ1v) is 5.54. The highest BCUT2D eigenvalue weighted by Gasteiger charge is 2.13. The van der Waals surface area contributed by atoms with E-state index >= 15 is 0 Å². The summed E-state index contributed by atoms with van der Waals surface area (Å²) >= 11 is 0. The Morgan fingerprint density at radius 2 is 2.06 bits per heavy atom. The molecule has 0 fully saturated rings. The number of nitrogens with one attached hydrogen (secondary N) is 1. The quantitative estimate of drug-likeness (QED) is 0.784. The van der Waals surface area contributed by atoms with E-state index in [4.69, 9.17) is 5.73 Å². The summed E-state index contributed by atoms with van der Waals surface area (Å²) in [5, 5.41) is 2.74. The van der Waals surface area contributed by atoms with Crippen LogP contribution in [0, 0.1) is 13.8 Å². The second kappa shape index (κ2) is 5.47. The molecule has 0 bridgehead atoms. The van der Waals surface area contributed by atoms with Crippen molar-refractivity contribution in [1.82, 2.24) is 15.3 Å².